The number of rotatable bonds is 6. The van der Waals surface area contributed by atoms with E-state index >= 15 is 0 Å². The van der Waals surface area contributed by atoms with E-state index in [1.165, 1.54) is 0 Å². The van der Waals surface area contributed by atoms with Crippen molar-refractivity contribution in [2.24, 2.45) is 0 Å². The molecule has 0 fully saturated rings. The van der Waals surface area contributed by atoms with Crippen LogP contribution in [0.3, 0.4) is 0 Å². The van der Waals surface area contributed by atoms with Gasteiger partial charge in [-0.2, -0.15) is 5.26 Å². The lowest BCUT2D eigenvalue weighted by Gasteiger charge is -2.11. The molecule has 0 unspecified atom stereocenters. The number of hydrogen-bond acceptors (Lipinski definition) is 3. The van der Waals surface area contributed by atoms with Crippen LogP contribution in [0.4, 0.5) is 0 Å². The standard InChI is InChI=1S/C15H19NO2/c1-4-18-15-10-11(2)13(9-12(15)3)14(17)7-5-6-8-16/h9-10H,4-7H2,1-3H3. The summed E-state index contributed by atoms with van der Waals surface area (Å²) < 4.78 is 5.50. The van der Waals surface area contributed by atoms with Crippen molar-refractivity contribution in [3.63, 3.8) is 0 Å². The van der Waals surface area contributed by atoms with Crippen LogP contribution >= 0.6 is 0 Å². The van der Waals surface area contributed by atoms with E-state index in [1.54, 1.807) is 0 Å². The Labute approximate surface area is 108 Å². The molecule has 0 amide bonds. The SMILES string of the molecule is CCOc1cc(C)c(C(=O)CCCC#N)cc1C. The molecule has 0 saturated carbocycles. The van der Waals surface area contributed by atoms with E-state index in [4.69, 9.17) is 10.00 Å². The maximum Gasteiger partial charge on any atom is 0.163 e. The zero-order valence-electron chi connectivity index (χ0n) is 11.2. The fraction of sp³-hybridized carbons (Fsp3) is 0.467. The maximum atomic E-state index is 12.0. The number of unbranched alkanes of at least 4 members (excludes halogenated alkanes) is 1. The number of aryl methyl sites for hydroxylation is 2. The van der Waals surface area contributed by atoms with Gasteiger partial charge in [0.15, 0.2) is 5.78 Å². The van der Waals surface area contributed by atoms with Gasteiger partial charge in [0, 0.05) is 18.4 Å². The molecule has 96 valence electrons. The first-order chi connectivity index (χ1) is 8.60. The highest BCUT2D eigenvalue weighted by atomic mass is 16.5. The fourth-order valence-corrected chi connectivity index (χ4v) is 1.86. The van der Waals surface area contributed by atoms with Gasteiger partial charge in [-0.3, -0.25) is 4.79 Å². The molecule has 3 nitrogen and oxygen atoms in total. The lowest BCUT2D eigenvalue weighted by molar-refractivity contribution is 0.0980. The molecule has 18 heavy (non-hydrogen) atoms. The first-order valence-corrected chi connectivity index (χ1v) is 6.24. The number of carbonyl (C=O) groups is 1. The van der Waals surface area contributed by atoms with Crippen molar-refractivity contribution >= 4 is 5.78 Å². The van der Waals surface area contributed by atoms with E-state index in [-0.39, 0.29) is 5.78 Å². The third-order valence-electron chi connectivity index (χ3n) is 2.81. The normalized spacial score (nSPS) is 9.89. The lowest BCUT2D eigenvalue weighted by atomic mass is 9.98. The summed E-state index contributed by atoms with van der Waals surface area (Å²) in [5, 5.41) is 8.47. The molecule has 0 heterocycles. The van der Waals surface area contributed by atoms with Crippen molar-refractivity contribution in [3.8, 4) is 11.8 Å². The summed E-state index contributed by atoms with van der Waals surface area (Å²) in [6, 6.07) is 5.85. The van der Waals surface area contributed by atoms with Gasteiger partial charge in [-0.25, -0.2) is 0 Å². The molecular formula is C15H19NO2. The van der Waals surface area contributed by atoms with Gasteiger partial charge in [0.2, 0.25) is 0 Å². The second-order valence-corrected chi connectivity index (χ2v) is 4.30. The molecule has 1 aromatic carbocycles. The Bertz CT molecular complexity index is 472. The zero-order valence-corrected chi connectivity index (χ0v) is 11.2. The third-order valence-corrected chi connectivity index (χ3v) is 2.81. The zero-order chi connectivity index (χ0) is 13.5. The van der Waals surface area contributed by atoms with Crippen LogP contribution in [-0.2, 0) is 0 Å². The predicted octanol–water partition coefficient (Wildman–Crippen LogP) is 3.58. The van der Waals surface area contributed by atoms with Crippen LogP contribution in [0, 0.1) is 25.2 Å². The molecule has 0 radical (unpaired) electrons. The Morgan fingerprint density at radius 1 is 1.33 bits per heavy atom. The average molecular weight is 245 g/mol. The van der Waals surface area contributed by atoms with Crippen LogP contribution in [0.15, 0.2) is 12.1 Å². The highest BCUT2D eigenvalue weighted by Gasteiger charge is 2.12. The summed E-state index contributed by atoms with van der Waals surface area (Å²) in [5.41, 5.74) is 2.66. The van der Waals surface area contributed by atoms with Crippen LogP contribution in [0.1, 0.15) is 47.7 Å². The van der Waals surface area contributed by atoms with Crippen LogP contribution < -0.4 is 4.74 Å². The quantitative estimate of drug-likeness (QED) is 0.568. The van der Waals surface area contributed by atoms with E-state index < -0.39 is 0 Å². The van der Waals surface area contributed by atoms with E-state index in [1.807, 2.05) is 32.9 Å². The third kappa shape index (κ3) is 3.59. The highest BCUT2D eigenvalue weighted by molar-refractivity contribution is 5.97. The number of nitrogens with zero attached hydrogens (tertiary/aromatic N) is 1. The summed E-state index contributed by atoms with van der Waals surface area (Å²) in [6.45, 7) is 6.42. The first kappa shape index (κ1) is 14.2. The van der Waals surface area contributed by atoms with Gasteiger partial charge in [-0.1, -0.05) is 0 Å². The van der Waals surface area contributed by atoms with Crippen molar-refractivity contribution in [2.45, 2.75) is 40.0 Å². The topological polar surface area (TPSA) is 50.1 Å². The molecule has 0 N–H and O–H groups in total. The van der Waals surface area contributed by atoms with E-state index in [9.17, 15) is 4.79 Å². The Kier molecular flexibility index (Phi) is 5.38. The molecular weight excluding hydrogens is 226 g/mol. The molecule has 3 heteroatoms. The number of ether oxygens (including phenoxy) is 1. The average Bonchev–Trinajstić information content (AvgIpc) is 2.34. The van der Waals surface area contributed by atoms with E-state index in [0.29, 0.717) is 25.9 Å². The van der Waals surface area contributed by atoms with Crippen molar-refractivity contribution < 1.29 is 9.53 Å². The van der Waals surface area contributed by atoms with Gasteiger partial charge in [0.25, 0.3) is 0 Å². The summed E-state index contributed by atoms with van der Waals surface area (Å²) in [4.78, 5) is 12.0. The predicted molar refractivity (Wildman–Crippen MR) is 70.9 cm³/mol. The molecule has 1 rings (SSSR count). The fourth-order valence-electron chi connectivity index (χ4n) is 1.86. The summed E-state index contributed by atoms with van der Waals surface area (Å²) in [6.07, 6.45) is 1.49. The minimum Gasteiger partial charge on any atom is -0.494 e. The smallest absolute Gasteiger partial charge is 0.163 e. The van der Waals surface area contributed by atoms with Gasteiger partial charge in [0.05, 0.1) is 12.7 Å². The second-order valence-electron chi connectivity index (χ2n) is 4.30. The second kappa shape index (κ2) is 6.80. The van der Waals surface area contributed by atoms with Crippen LogP contribution in [0.5, 0.6) is 5.75 Å². The molecule has 1 aromatic rings. The molecule has 0 aliphatic rings. The van der Waals surface area contributed by atoms with Crippen molar-refractivity contribution in [2.75, 3.05) is 6.61 Å². The number of Topliss-reactive ketones (excluding diaryl/α,β-unsaturated/α-hetero) is 1. The Hall–Kier alpha value is -1.82. The van der Waals surface area contributed by atoms with Crippen molar-refractivity contribution in [1.29, 1.82) is 5.26 Å². The number of carbonyl (C=O) groups excluding carboxylic acids is 1. The van der Waals surface area contributed by atoms with Crippen molar-refractivity contribution in [3.05, 3.63) is 28.8 Å². The molecule has 0 spiro atoms. The van der Waals surface area contributed by atoms with Crippen LogP contribution in [0.25, 0.3) is 0 Å². The first-order valence-electron chi connectivity index (χ1n) is 6.24. The van der Waals surface area contributed by atoms with E-state index in [2.05, 4.69) is 6.07 Å². The maximum absolute atomic E-state index is 12.0. The highest BCUT2D eigenvalue weighted by Crippen LogP contribution is 2.24. The van der Waals surface area contributed by atoms with Gasteiger partial charge >= 0.3 is 0 Å². The van der Waals surface area contributed by atoms with Crippen molar-refractivity contribution in [1.82, 2.24) is 0 Å². The number of benzene rings is 1. The molecule has 0 saturated heterocycles. The number of ketones is 1. The Balaban J connectivity index is 2.87. The molecule has 0 atom stereocenters. The largest absolute Gasteiger partial charge is 0.494 e. The number of nitriles is 1. The molecule has 0 aromatic heterocycles. The minimum atomic E-state index is 0.105. The van der Waals surface area contributed by atoms with Gasteiger partial charge in [-0.05, 0) is 50.5 Å². The molecule has 0 aliphatic heterocycles. The Morgan fingerprint density at radius 2 is 2.06 bits per heavy atom. The Morgan fingerprint density at radius 3 is 2.67 bits per heavy atom. The van der Waals surface area contributed by atoms with Crippen LogP contribution in [-0.4, -0.2) is 12.4 Å². The molecule has 0 bridgehead atoms. The van der Waals surface area contributed by atoms with Gasteiger partial charge in [-0.15, -0.1) is 0 Å². The van der Waals surface area contributed by atoms with E-state index in [0.717, 1.165) is 22.4 Å². The van der Waals surface area contributed by atoms with Gasteiger partial charge in [0.1, 0.15) is 5.75 Å². The van der Waals surface area contributed by atoms with Crippen LogP contribution in [0.2, 0.25) is 0 Å². The summed E-state index contributed by atoms with van der Waals surface area (Å²) >= 11 is 0. The minimum absolute atomic E-state index is 0.105. The monoisotopic (exact) mass is 245 g/mol. The summed E-state index contributed by atoms with van der Waals surface area (Å²) in [7, 11) is 0. The number of hydrogen-bond donors (Lipinski definition) is 0. The molecule has 0 aliphatic carbocycles. The summed E-state index contributed by atoms with van der Waals surface area (Å²) in [5.74, 6) is 0.942. The lowest BCUT2D eigenvalue weighted by Crippen LogP contribution is -2.04. The van der Waals surface area contributed by atoms with Gasteiger partial charge < -0.3 is 4.74 Å².